The van der Waals surface area contributed by atoms with Crippen LogP contribution in [0.2, 0.25) is 10.0 Å². The van der Waals surface area contributed by atoms with E-state index in [4.69, 9.17) is 27.9 Å². The van der Waals surface area contributed by atoms with Crippen molar-refractivity contribution in [3.63, 3.8) is 0 Å². The van der Waals surface area contributed by atoms with Crippen LogP contribution in [0.5, 0.6) is 0 Å². The van der Waals surface area contributed by atoms with Crippen LogP contribution in [-0.4, -0.2) is 47.6 Å². The molecule has 26 heavy (non-hydrogen) atoms. The summed E-state index contributed by atoms with van der Waals surface area (Å²) in [6, 6.07) is 5.45. The summed E-state index contributed by atoms with van der Waals surface area (Å²) >= 11 is 13.6. The number of carbonyl (C=O) groups excluding carboxylic acids is 1. The number of aromatic nitrogens is 1. The molecule has 1 N–H and O–H groups in total. The van der Waals surface area contributed by atoms with Gasteiger partial charge in [0.15, 0.2) is 5.13 Å². The highest BCUT2D eigenvalue weighted by atomic mass is 35.5. The molecule has 5 nitrogen and oxygen atoms in total. The van der Waals surface area contributed by atoms with Crippen molar-refractivity contribution >= 4 is 45.6 Å². The van der Waals surface area contributed by atoms with Crippen LogP contribution < -0.4 is 5.32 Å². The van der Waals surface area contributed by atoms with Crippen molar-refractivity contribution in [3.05, 3.63) is 44.9 Å². The quantitative estimate of drug-likeness (QED) is 0.801. The molecule has 1 saturated heterocycles. The number of rotatable bonds is 5. The van der Waals surface area contributed by atoms with Crippen LogP contribution in [0, 0.1) is 0 Å². The van der Waals surface area contributed by atoms with E-state index in [0.717, 1.165) is 23.5 Å². The molecule has 1 amide bonds. The van der Waals surface area contributed by atoms with E-state index in [1.54, 1.807) is 12.3 Å². The smallest absolute Gasteiger partial charge is 0.240 e. The Bertz CT molecular complexity index is 774. The van der Waals surface area contributed by atoms with Gasteiger partial charge in [0.25, 0.3) is 0 Å². The van der Waals surface area contributed by atoms with Crippen molar-refractivity contribution < 1.29 is 9.53 Å². The molecule has 2 aromatic rings. The maximum atomic E-state index is 12.3. The third kappa shape index (κ3) is 5.41. The first-order chi connectivity index (χ1) is 12.4. The second-order valence-electron chi connectivity index (χ2n) is 6.54. The summed E-state index contributed by atoms with van der Waals surface area (Å²) in [5, 5.41) is 4.73. The van der Waals surface area contributed by atoms with Gasteiger partial charge >= 0.3 is 0 Å². The minimum Gasteiger partial charge on any atom is -0.373 e. The van der Waals surface area contributed by atoms with E-state index >= 15 is 0 Å². The Hall–Kier alpha value is -1.18. The normalized spacial score (nSPS) is 20.9. The SMILES string of the molecule is CC1CN(CC(=O)Nc2ncc(Cc3ccc(Cl)cc3Cl)s2)CC(C)O1. The summed E-state index contributed by atoms with van der Waals surface area (Å²) in [5.74, 6) is -0.0586. The van der Waals surface area contributed by atoms with Crippen molar-refractivity contribution in [2.24, 2.45) is 0 Å². The molecule has 0 aliphatic carbocycles. The van der Waals surface area contributed by atoms with Gasteiger partial charge in [-0.25, -0.2) is 4.98 Å². The van der Waals surface area contributed by atoms with Gasteiger partial charge in [-0.15, -0.1) is 11.3 Å². The topological polar surface area (TPSA) is 54.5 Å². The summed E-state index contributed by atoms with van der Waals surface area (Å²) in [7, 11) is 0. The molecule has 0 bridgehead atoms. The molecule has 1 aliphatic rings. The molecule has 0 saturated carbocycles. The van der Waals surface area contributed by atoms with Gasteiger partial charge in [0.2, 0.25) is 5.91 Å². The summed E-state index contributed by atoms with van der Waals surface area (Å²) in [4.78, 5) is 19.7. The van der Waals surface area contributed by atoms with Gasteiger partial charge < -0.3 is 10.1 Å². The molecule has 0 spiro atoms. The maximum absolute atomic E-state index is 12.3. The second-order valence-corrected chi connectivity index (χ2v) is 8.50. The van der Waals surface area contributed by atoms with Crippen LogP contribution >= 0.6 is 34.5 Å². The lowest BCUT2D eigenvalue weighted by molar-refractivity contribution is -0.121. The Balaban J connectivity index is 1.55. The molecule has 8 heteroatoms. The van der Waals surface area contributed by atoms with Crippen molar-refractivity contribution in [1.82, 2.24) is 9.88 Å². The lowest BCUT2D eigenvalue weighted by atomic mass is 10.1. The zero-order valence-electron chi connectivity index (χ0n) is 14.7. The molecule has 0 radical (unpaired) electrons. The second kappa shape index (κ2) is 8.67. The number of anilines is 1. The zero-order valence-corrected chi connectivity index (χ0v) is 17.0. The Kier molecular flexibility index (Phi) is 6.53. The van der Waals surface area contributed by atoms with Crippen LogP contribution in [-0.2, 0) is 16.0 Å². The Morgan fingerprint density at radius 2 is 2.08 bits per heavy atom. The van der Waals surface area contributed by atoms with E-state index in [1.165, 1.54) is 11.3 Å². The minimum absolute atomic E-state index is 0.0586. The molecule has 1 aliphatic heterocycles. The average Bonchev–Trinajstić information content (AvgIpc) is 2.96. The van der Waals surface area contributed by atoms with Crippen LogP contribution in [0.4, 0.5) is 5.13 Å². The summed E-state index contributed by atoms with van der Waals surface area (Å²) in [6.45, 7) is 5.91. The number of amides is 1. The number of nitrogens with one attached hydrogen (secondary N) is 1. The first-order valence-corrected chi connectivity index (χ1v) is 10.0. The Labute approximate surface area is 167 Å². The third-order valence-electron chi connectivity index (χ3n) is 4.04. The highest BCUT2D eigenvalue weighted by molar-refractivity contribution is 7.15. The van der Waals surface area contributed by atoms with Gasteiger partial charge in [-0.1, -0.05) is 29.3 Å². The van der Waals surface area contributed by atoms with Crippen LogP contribution in [0.3, 0.4) is 0 Å². The first kappa shape index (κ1) is 19.6. The van der Waals surface area contributed by atoms with Crippen LogP contribution in [0.1, 0.15) is 24.3 Å². The highest BCUT2D eigenvalue weighted by Gasteiger charge is 2.23. The number of thiazole rings is 1. The molecule has 2 unspecified atom stereocenters. The van der Waals surface area contributed by atoms with Gasteiger partial charge in [-0.05, 0) is 31.5 Å². The largest absolute Gasteiger partial charge is 0.373 e. The van der Waals surface area contributed by atoms with E-state index in [1.807, 2.05) is 26.0 Å². The van der Waals surface area contributed by atoms with Gasteiger partial charge in [-0.3, -0.25) is 9.69 Å². The monoisotopic (exact) mass is 413 g/mol. The summed E-state index contributed by atoms with van der Waals surface area (Å²) in [6.07, 6.45) is 2.70. The van der Waals surface area contributed by atoms with Gasteiger partial charge in [0.05, 0.1) is 18.8 Å². The number of nitrogens with zero attached hydrogens (tertiary/aromatic N) is 2. The average molecular weight is 414 g/mol. The molecular formula is C18H21Cl2N3O2S. The van der Waals surface area contributed by atoms with Gasteiger partial charge in [0.1, 0.15) is 0 Å². The molecular weight excluding hydrogens is 393 g/mol. The molecule has 2 heterocycles. The highest BCUT2D eigenvalue weighted by Crippen LogP contribution is 2.27. The van der Waals surface area contributed by atoms with Crippen molar-refractivity contribution in [2.75, 3.05) is 25.0 Å². The molecule has 140 valence electrons. The number of morpholine rings is 1. The Morgan fingerprint density at radius 1 is 1.35 bits per heavy atom. The number of carbonyl (C=O) groups is 1. The number of hydrogen-bond acceptors (Lipinski definition) is 5. The molecule has 1 aromatic heterocycles. The van der Waals surface area contributed by atoms with Crippen molar-refractivity contribution in [2.45, 2.75) is 32.5 Å². The first-order valence-electron chi connectivity index (χ1n) is 8.45. The molecule has 1 aromatic carbocycles. The Morgan fingerprint density at radius 3 is 2.77 bits per heavy atom. The van der Waals surface area contributed by atoms with Gasteiger partial charge in [-0.2, -0.15) is 0 Å². The van der Waals surface area contributed by atoms with E-state index in [-0.39, 0.29) is 18.1 Å². The fourth-order valence-corrected chi connectivity index (χ4v) is 4.40. The fourth-order valence-electron chi connectivity index (χ4n) is 3.08. The summed E-state index contributed by atoms with van der Waals surface area (Å²) < 4.78 is 5.69. The van der Waals surface area contributed by atoms with Crippen molar-refractivity contribution in [1.29, 1.82) is 0 Å². The van der Waals surface area contributed by atoms with E-state index in [2.05, 4.69) is 15.2 Å². The van der Waals surface area contributed by atoms with Crippen molar-refractivity contribution in [3.8, 4) is 0 Å². The lowest BCUT2D eigenvalue weighted by Gasteiger charge is -2.34. The molecule has 2 atom stereocenters. The van der Waals surface area contributed by atoms with Gasteiger partial charge in [0, 0.05) is 40.6 Å². The van der Waals surface area contributed by atoms with Crippen LogP contribution in [0.15, 0.2) is 24.4 Å². The minimum atomic E-state index is -0.0586. The predicted octanol–water partition coefficient (Wildman–Crippen LogP) is 4.09. The lowest BCUT2D eigenvalue weighted by Crippen LogP contribution is -2.48. The maximum Gasteiger partial charge on any atom is 0.240 e. The van der Waals surface area contributed by atoms with E-state index in [9.17, 15) is 4.79 Å². The number of benzene rings is 1. The number of ether oxygens (including phenoxy) is 1. The van der Waals surface area contributed by atoms with E-state index in [0.29, 0.717) is 28.1 Å². The number of hydrogen-bond donors (Lipinski definition) is 1. The predicted molar refractivity (Wildman–Crippen MR) is 106 cm³/mol. The molecule has 1 fully saturated rings. The van der Waals surface area contributed by atoms with Crippen LogP contribution in [0.25, 0.3) is 0 Å². The molecule has 3 rings (SSSR count). The third-order valence-corrected chi connectivity index (χ3v) is 5.54. The fraction of sp³-hybridized carbons (Fsp3) is 0.444. The summed E-state index contributed by atoms with van der Waals surface area (Å²) in [5.41, 5.74) is 0.980. The zero-order chi connectivity index (χ0) is 18.7. The standard InChI is InChI=1S/C18H21Cl2N3O2S/c1-11-8-23(9-12(2)25-11)10-17(24)22-18-21-7-15(26-18)5-13-3-4-14(19)6-16(13)20/h3-4,6-7,11-12H,5,8-10H2,1-2H3,(H,21,22,24). The number of halogens is 2. The van der Waals surface area contributed by atoms with E-state index < -0.39 is 0 Å².